The third kappa shape index (κ3) is 4.47. The van der Waals surface area contributed by atoms with Crippen molar-refractivity contribution < 1.29 is 0 Å². The van der Waals surface area contributed by atoms with Gasteiger partial charge in [0.1, 0.15) is 0 Å². The molecular formula is C19H20Cl2N2S. The van der Waals surface area contributed by atoms with E-state index in [4.69, 9.17) is 23.2 Å². The van der Waals surface area contributed by atoms with Gasteiger partial charge >= 0.3 is 0 Å². The fourth-order valence-corrected chi connectivity index (χ4v) is 4.23. The molecule has 0 aromatic heterocycles. The Morgan fingerprint density at radius 3 is 2.54 bits per heavy atom. The van der Waals surface area contributed by atoms with Gasteiger partial charge in [-0.15, -0.1) is 0 Å². The van der Waals surface area contributed by atoms with Crippen molar-refractivity contribution in [1.29, 1.82) is 0 Å². The number of nitrogens with zero attached hydrogens (tertiary/aromatic N) is 1. The minimum atomic E-state index is 0.0433. The summed E-state index contributed by atoms with van der Waals surface area (Å²) in [5.74, 6) is 1.03. The largest absolute Gasteiger partial charge is 0.358 e. The topological polar surface area (TPSA) is 24.4 Å². The van der Waals surface area contributed by atoms with Gasteiger partial charge in [-0.05, 0) is 49.6 Å². The predicted molar refractivity (Wildman–Crippen MR) is 107 cm³/mol. The standard InChI is InChI=1S/C19H20Cl2N2S/c1-12-7-13(2)9-14(8-12)10-18(23-19-22-5-6-24-19)16-11-15(20)3-4-17(16)21/h3-4,7-9,11,18H,5-6,10H2,1-2H3,(H,22,23). The number of hydrogen-bond acceptors (Lipinski definition) is 3. The van der Waals surface area contributed by atoms with Crippen LogP contribution in [0.2, 0.25) is 10.0 Å². The third-order valence-corrected chi connectivity index (χ3v) is 5.42. The molecule has 0 bridgehead atoms. The molecule has 0 amide bonds. The van der Waals surface area contributed by atoms with Crippen LogP contribution in [0.15, 0.2) is 41.4 Å². The van der Waals surface area contributed by atoms with Crippen molar-refractivity contribution in [1.82, 2.24) is 5.32 Å². The molecule has 126 valence electrons. The number of benzene rings is 2. The van der Waals surface area contributed by atoms with E-state index in [0.29, 0.717) is 5.02 Å². The van der Waals surface area contributed by atoms with Gasteiger partial charge < -0.3 is 5.32 Å². The average molecular weight is 379 g/mol. The Morgan fingerprint density at radius 1 is 1.12 bits per heavy atom. The molecule has 3 rings (SSSR count). The van der Waals surface area contributed by atoms with Crippen LogP contribution in [0, 0.1) is 13.8 Å². The number of rotatable bonds is 4. The van der Waals surface area contributed by atoms with Gasteiger partial charge in [-0.2, -0.15) is 0 Å². The van der Waals surface area contributed by atoms with Gasteiger partial charge in [0.15, 0.2) is 5.17 Å². The van der Waals surface area contributed by atoms with Crippen molar-refractivity contribution in [3.05, 3.63) is 68.7 Å². The molecular weight excluding hydrogens is 359 g/mol. The van der Waals surface area contributed by atoms with Gasteiger partial charge in [0.2, 0.25) is 0 Å². The van der Waals surface area contributed by atoms with Crippen LogP contribution in [0.4, 0.5) is 0 Å². The van der Waals surface area contributed by atoms with Crippen molar-refractivity contribution in [3.8, 4) is 0 Å². The minimum Gasteiger partial charge on any atom is -0.358 e. The molecule has 2 aromatic rings. The smallest absolute Gasteiger partial charge is 0.157 e. The lowest BCUT2D eigenvalue weighted by atomic mass is 9.96. The second kappa shape index (κ2) is 7.81. The highest BCUT2D eigenvalue weighted by atomic mass is 35.5. The fraction of sp³-hybridized carbons (Fsp3) is 0.316. The summed E-state index contributed by atoms with van der Waals surface area (Å²) in [6.07, 6.45) is 0.835. The van der Waals surface area contributed by atoms with Gasteiger partial charge in [-0.25, -0.2) is 0 Å². The summed E-state index contributed by atoms with van der Waals surface area (Å²) in [6.45, 7) is 5.12. The molecule has 0 aliphatic carbocycles. The maximum absolute atomic E-state index is 6.46. The highest BCUT2D eigenvalue weighted by molar-refractivity contribution is 8.14. The van der Waals surface area contributed by atoms with E-state index in [1.165, 1.54) is 16.7 Å². The molecule has 24 heavy (non-hydrogen) atoms. The van der Waals surface area contributed by atoms with E-state index in [9.17, 15) is 0 Å². The lowest BCUT2D eigenvalue weighted by molar-refractivity contribution is 0.648. The number of aliphatic imine (C=N–C) groups is 1. The summed E-state index contributed by atoms with van der Waals surface area (Å²) < 4.78 is 0. The van der Waals surface area contributed by atoms with E-state index in [0.717, 1.165) is 34.5 Å². The number of thioether (sulfide) groups is 1. The number of amidine groups is 1. The average Bonchev–Trinajstić information content (AvgIpc) is 3.01. The van der Waals surface area contributed by atoms with E-state index in [-0.39, 0.29) is 6.04 Å². The Labute approximate surface area is 157 Å². The molecule has 0 saturated heterocycles. The summed E-state index contributed by atoms with van der Waals surface area (Å²) in [5, 5.41) is 5.97. The van der Waals surface area contributed by atoms with E-state index in [1.807, 2.05) is 18.2 Å². The van der Waals surface area contributed by atoms with Crippen LogP contribution in [-0.4, -0.2) is 17.5 Å². The summed E-state index contributed by atoms with van der Waals surface area (Å²) >= 11 is 14.4. The zero-order valence-corrected chi connectivity index (χ0v) is 16.1. The van der Waals surface area contributed by atoms with E-state index < -0.39 is 0 Å². The van der Waals surface area contributed by atoms with Gasteiger partial charge in [0.25, 0.3) is 0 Å². The van der Waals surface area contributed by atoms with Crippen LogP contribution in [0.3, 0.4) is 0 Å². The molecule has 1 aliphatic heterocycles. The van der Waals surface area contributed by atoms with E-state index in [2.05, 4.69) is 42.4 Å². The third-order valence-electron chi connectivity index (χ3n) is 3.94. The number of halogens is 2. The molecule has 1 unspecified atom stereocenters. The monoisotopic (exact) mass is 378 g/mol. The van der Waals surface area contributed by atoms with Crippen LogP contribution in [0.5, 0.6) is 0 Å². The maximum atomic E-state index is 6.46. The number of nitrogens with one attached hydrogen (secondary N) is 1. The minimum absolute atomic E-state index is 0.0433. The molecule has 0 fully saturated rings. The van der Waals surface area contributed by atoms with Crippen molar-refractivity contribution in [2.45, 2.75) is 26.3 Å². The van der Waals surface area contributed by atoms with Crippen molar-refractivity contribution in [2.75, 3.05) is 12.3 Å². The molecule has 1 atom stereocenters. The second-order valence-corrected chi connectivity index (χ2v) is 8.03. The van der Waals surface area contributed by atoms with Gasteiger partial charge in [-0.3, -0.25) is 4.99 Å². The summed E-state index contributed by atoms with van der Waals surface area (Å²) in [5.41, 5.74) is 4.84. The molecule has 0 saturated carbocycles. The Balaban J connectivity index is 1.93. The van der Waals surface area contributed by atoms with Gasteiger partial charge in [0.05, 0.1) is 12.6 Å². The normalized spacial score (nSPS) is 15.2. The molecule has 0 spiro atoms. The highest BCUT2D eigenvalue weighted by Crippen LogP contribution is 2.30. The number of hydrogen-bond donors (Lipinski definition) is 1. The number of aryl methyl sites for hydroxylation is 2. The molecule has 1 N–H and O–H groups in total. The zero-order chi connectivity index (χ0) is 17.1. The molecule has 2 nitrogen and oxygen atoms in total. The van der Waals surface area contributed by atoms with Crippen LogP contribution < -0.4 is 5.32 Å². The first-order valence-electron chi connectivity index (χ1n) is 7.97. The Kier molecular flexibility index (Phi) is 5.75. The highest BCUT2D eigenvalue weighted by Gasteiger charge is 2.19. The SMILES string of the molecule is Cc1cc(C)cc(CC(NC2=NCCS2)c2cc(Cl)ccc2Cl)c1. The van der Waals surface area contributed by atoms with Crippen molar-refractivity contribution in [2.24, 2.45) is 4.99 Å². The van der Waals surface area contributed by atoms with Crippen molar-refractivity contribution in [3.63, 3.8) is 0 Å². The van der Waals surface area contributed by atoms with Gasteiger partial charge in [-0.1, -0.05) is 64.3 Å². The lowest BCUT2D eigenvalue weighted by Crippen LogP contribution is -2.27. The zero-order valence-electron chi connectivity index (χ0n) is 13.8. The molecule has 5 heteroatoms. The van der Waals surface area contributed by atoms with Crippen molar-refractivity contribution >= 4 is 40.1 Å². The first-order chi connectivity index (χ1) is 11.5. The maximum Gasteiger partial charge on any atom is 0.157 e. The van der Waals surface area contributed by atoms with Crippen LogP contribution in [0.25, 0.3) is 0 Å². The Hall–Kier alpha value is -1.16. The predicted octanol–water partition coefficient (Wildman–Crippen LogP) is 5.59. The summed E-state index contributed by atoms with van der Waals surface area (Å²) in [6, 6.07) is 12.3. The first kappa shape index (κ1) is 17.7. The second-order valence-electron chi connectivity index (χ2n) is 6.10. The lowest BCUT2D eigenvalue weighted by Gasteiger charge is -2.22. The molecule has 1 heterocycles. The van der Waals surface area contributed by atoms with Gasteiger partial charge in [0, 0.05) is 15.8 Å². The molecule has 2 aromatic carbocycles. The Morgan fingerprint density at radius 2 is 1.88 bits per heavy atom. The quantitative estimate of drug-likeness (QED) is 0.749. The Bertz CT molecular complexity index is 754. The first-order valence-corrected chi connectivity index (χ1v) is 9.71. The van der Waals surface area contributed by atoms with E-state index in [1.54, 1.807) is 11.8 Å². The van der Waals surface area contributed by atoms with Crippen LogP contribution >= 0.6 is 35.0 Å². The molecule has 0 radical (unpaired) electrons. The van der Waals surface area contributed by atoms with Crippen LogP contribution in [-0.2, 0) is 6.42 Å². The molecule has 1 aliphatic rings. The van der Waals surface area contributed by atoms with Crippen LogP contribution in [0.1, 0.15) is 28.3 Å². The summed E-state index contributed by atoms with van der Waals surface area (Å²) in [7, 11) is 0. The fourth-order valence-electron chi connectivity index (χ4n) is 3.01. The summed E-state index contributed by atoms with van der Waals surface area (Å²) in [4.78, 5) is 4.52. The van der Waals surface area contributed by atoms with E-state index >= 15 is 0 Å².